The van der Waals surface area contributed by atoms with Gasteiger partial charge in [0.15, 0.2) is 0 Å². The maximum absolute atomic E-state index is 12.1. The predicted octanol–water partition coefficient (Wildman–Crippen LogP) is 5.62. The molecule has 4 aliphatic rings. The van der Waals surface area contributed by atoms with Crippen molar-refractivity contribution in [2.45, 2.75) is 105 Å². The summed E-state index contributed by atoms with van der Waals surface area (Å²) in [5.41, 5.74) is 7.16. The van der Waals surface area contributed by atoms with Crippen molar-refractivity contribution < 1.29 is 24.0 Å². The zero-order valence-electron chi connectivity index (χ0n) is 24.6. The van der Waals surface area contributed by atoms with Gasteiger partial charge in [0.05, 0.1) is 18.3 Å². The lowest BCUT2D eigenvalue weighted by atomic mass is 9.53. The van der Waals surface area contributed by atoms with Crippen LogP contribution in [0.5, 0.6) is 0 Å². The van der Waals surface area contributed by atoms with Crippen LogP contribution in [0.2, 0.25) is 0 Å². The van der Waals surface area contributed by atoms with Crippen molar-refractivity contribution in [1.82, 2.24) is 0 Å². The minimum Gasteiger partial charge on any atom is -0.460 e. The Kier molecular flexibility index (Phi) is 8.57. The highest BCUT2D eigenvalue weighted by atomic mass is 16.6. The van der Waals surface area contributed by atoms with Crippen LogP contribution in [-0.4, -0.2) is 41.2 Å². The third-order valence-electron chi connectivity index (χ3n) is 8.55. The number of allylic oxidation sites excluding steroid dienone is 4. The molecular weight excluding hydrogens is 484 g/mol. The molecule has 0 aromatic heterocycles. The van der Waals surface area contributed by atoms with Crippen molar-refractivity contribution in [2.75, 3.05) is 13.1 Å². The molecule has 0 amide bonds. The number of nitro groups is 1. The summed E-state index contributed by atoms with van der Waals surface area (Å²) >= 11 is 0. The van der Waals surface area contributed by atoms with Crippen molar-refractivity contribution in [3.63, 3.8) is 0 Å². The molecule has 0 bridgehead atoms. The lowest BCUT2D eigenvalue weighted by molar-refractivity contribution is -0.506. The summed E-state index contributed by atoms with van der Waals surface area (Å²) in [4.78, 5) is 34.7. The summed E-state index contributed by atoms with van der Waals surface area (Å²) in [5.74, 6) is 1.43. The fourth-order valence-corrected chi connectivity index (χ4v) is 7.33. The Morgan fingerprint density at radius 3 is 1.66 bits per heavy atom. The number of carbonyl (C=O) groups is 2. The average molecular weight is 533 g/mol. The van der Waals surface area contributed by atoms with Gasteiger partial charge in [0.25, 0.3) is 0 Å². The minimum absolute atomic E-state index is 0.0369. The third-order valence-corrected chi connectivity index (χ3v) is 8.55. The molecule has 0 saturated heterocycles. The lowest BCUT2D eigenvalue weighted by Gasteiger charge is -2.51. The van der Waals surface area contributed by atoms with E-state index in [4.69, 9.17) is 15.2 Å². The molecule has 2 N–H and O–H groups in total. The van der Waals surface area contributed by atoms with Crippen LogP contribution in [-0.2, 0) is 19.1 Å². The highest BCUT2D eigenvalue weighted by molar-refractivity contribution is 5.72. The van der Waals surface area contributed by atoms with Gasteiger partial charge in [0.2, 0.25) is 6.54 Å². The summed E-state index contributed by atoms with van der Waals surface area (Å²) in [6.07, 6.45) is 9.08. The minimum atomic E-state index is -0.544. The van der Waals surface area contributed by atoms with E-state index in [0.717, 1.165) is 25.2 Å². The number of nitrogens with zero attached hydrogens (tertiary/aromatic N) is 1. The molecule has 2 fully saturated rings. The van der Waals surface area contributed by atoms with Gasteiger partial charge < -0.3 is 15.2 Å². The van der Waals surface area contributed by atoms with Gasteiger partial charge >= 0.3 is 11.9 Å². The Labute approximate surface area is 227 Å². The van der Waals surface area contributed by atoms with E-state index in [9.17, 15) is 19.7 Å². The second-order valence-corrected chi connectivity index (χ2v) is 14.4. The number of esters is 2. The van der Waals surface area contributed by atoms with E-state index >= 15 is 0 Å². The number of fused-ring (bicyclic) bond motifs is 2. The molecule has 2 saturated carbocycles. The standard InChI is InChI=1S/C15H23NO4.C15H25NO2/c1-10-5-11-7-15(9-16(18)19,12(11)6-10)8-13(17)20-14(2,3)4;1-10-5-11-7-15(9-16,12(11)6-10)8-13(17)18-14(2,3)4/h6,11-12H,5,7-9H2,1-4H3;6,11-12H,5,7-9,16H2,1-4H3. The van der Waals surface area contributed by atoms with E-state index in [0.29, 0.717) is 24.8 Å². The average Bonchev–Trinajstić information content (AvgIpc) is 3.20. The number of carbonyl (C=O) groups excluding carboxylic acids is 2. The summed E-state index contributed by atoms with van der Waals surface area (Å²) in [7, 11) is 0. The van der Waals surface area contributed by atoms with Gasteiger partial charge in [0.1, 0.15) is 11.2 Å². The Bertz CT molecular complexity index is 1000. The van der Waals surface area contributed by atoms with Crippen LogP contribution in [0.25, 0.3) is 0 Å². The quantitative estimate of drug-likeness (QED) is 0.195. The molecule has 0 heterocycles. The monoisotopic (exact) mass is 532 g/mol. The second-order valence-electron chi connectivity index (χ2n) is 14.4. The van der Waals surface area contributed by atoms with Crippen LogP contribution in [0.1, 0.15) is 93.9 Å². The normalized spacial score (nSPS) is 33.3. The number of nitrogens with two attached hydrogens (primary N) is 1. The predicted molar refractivity (Wildman–Crippen MR) is 147 cm³/mol. The molecule has 4 rings (SSSR count). The van der Waals surface area contributed by atoms with Gasteiger partial charge in [-0.25, -0.2) is 0 Å². The van der Waals surface area contributed by atoms with Crippen molar-refractivity contribution in [3.8, 4) is 0 Å². The van der Waals surface area contributed by atoms with Crippen LogP contribution in [0.3, 0.4) is 0 Å². The topological polar surface area (TPSA) is 122 Å². The van der Waals surface area contributed by atoms with E-state index in [-0.39, 0.29) is 41.2 Å². The molecular formula is C30H48N2O6. The maximum atomic E-state index is 12.1. The van der Waals surface area contributed by atoms with Crippen molar-refractivity contribution in [3.05, 3.63) is 33.4 Å². The SMILES string of the molecule is CC1=CC2C(C1)CC2(CC(=O)OC(C)(C)C)C[N+](=O)[O-].CC1=CC2C(C1)CC2(CN)CC(=O)OC(C)(C)C. The Balaban J connectivity index is 0.000000212. The Morgan fingerprint density at radius 2 is 1.29 bits per heavy atom. The zero-order chi connectivity index (χ0) is 28.7. The maximum Gasteiger partial charge on any atom is 0.307 e. The van der Waals surface area contributed by atoms with Gasteiger partial charge in [-0.1, -0.05) is 23.3 Å². The van der Waals surface area contributed by atoms with Crippen LogP contribution < -0.4 is 5.73 Å². The molecule has 8 heteroatoms. The number of hydrogen-bond donors (Lipinski definition) is 1. The molecule has 6 atom stereocenters. The largest absolute Gasteiger partial charge is 0.460 e. The molecule has 0 radical (unpaired) electrons. The summed E-state index contributed by atoms with van der Waals surface area (Å²) in [5, 5.41) is 11.0. The van der Waals surface area contributed by atoms with Crippen molar-refractivity contribution in [1.29, 1.82) is 0 Å². The smallest absolute Gasteiger partial charge is 0.307 e. The van der Waals surface area contributed by atoms with Crippen LogP contribution in [0, 0.1) is 44.6 Å². The fraction of sp³-hybridized carbons (Fsp3) is 0.800. The van der Waals surface area contributed by atoms with E-state index in [1.54, 1.807) is 0 Å². The molecule has 0 spiro atoms. The summed E-state index contributed by atoms with van der Waals surface area (Å²) in [6.45, 7) is 15.8. The number of rotatable bonds is 7. The third kappa shape index (κ3) is 7.04. The Hall–Kier alpha value is -2.22. The Morgan fingerprint density at radius 1 is 0.895 bits per heavy atom. The van der Waals surface area contributed by atoms with Crippen molar-refractivity contribution in [2.24, 2.45) is 40.2 Å². The first-order valence-corrected chi connectivity index (χ1v) is 14.0. The second kappa shape index (κ2) is 10.7. The van der Waals surface area contributed by atoms with Gasteiger partial charge in [-0.2, -0.15) is 0 Å². The van der Waals surface area contributed by atoms with E-state index in [1.165, 1.54) is 17.6 Å². The van der Waals surface area contributed by atoms with Gasteiger partial charge in [-0.05, 0) is 117 Å². The van der Waals surface area contributed by atoms with Crippen molar-refractivity contribution >= 4 is 11.9 Å². The molecule has 0 aromatic rings. The molecule has 6 unspecified atom stereocenters. The molecule has 38 heavy (non-hydrogen) atoms. The summed E-state index contributed by atoms with van der Waals surface area (Å²) in [6, 6.07) is 0. The number of hydrogen-bond acceptors (Lipinski definition) is 7. The fourth-order valence-electron chi connectivity index (χ4n) is 7.33. The molecule has 4 aliphatic carbocycles. The molecule has 0 aliphatic heterocycles. The van der Waals surface area contributed by atoms with Crippen LogP contribution >= 0.6 is 0 Å². The first kappa shape index (κ1) is 30.3. The van der Waals surface area contributed by atoms with E-state index in [1.807, 2.05) is 41.5 Å². The number of ether oxygens (including phenoxy) is 2. The highest BCUT2D eigenvalue weighted by Gasteiger charge is 2.59. The first-order chi connectivity index (χ1) is 17.4. The van der Waals surface area contributed by atoms with Gasteiger partial charge in [-0.15, -0.1) is 0 Å². The highest BCUT2D eigenvalue weighted by Crippen LogP contribution is 2.60. The lowest BCUT2D eigenvalue weighted by Crippen LogP contribution is -2.51. The molecule has 214 valence electrons. The zero-order valence-corrected chi connectivity index (χ0v) is 24.6. The van der Waals surface area contributed by atoms with Crippen LogP contribution in [0.4, 0.5) is 0 Å². The van der Waals surface area contributed by atoms with E-state index < -0.39 is 16.6 Å². The molecule has 8 nitrogen and oxygen atoms in total. The van der Waals surface area contributed by atoms with Gasteiger partial charge in [-0.3, -0.25) is 19.7 Å². The van der Waals surface area contributed by atoms with Gasteiger partial charge in [0, 0.05) is 4.92 Å². The first-order valence-electron chi connectivity index (χ1n) is 14.0. The summed E-state index contributed by atoms with van der Waals surface area (Å²) < 4.78 is 10.8. The van der Waals surface area contributed by atoms with Crippen LogP contribution in [0.15, 0.2) is 23.3 Å². The molecule has 0 aromatic carbocycles. The van der Waals surface area contributed by atoms with E-state index in [2.05, 4.69) is 26.0 Å².